The number of rotatable bonds is 3. The van der Waals surface area contributed by atoms with E-state index in [4.69, 9.17) is 4.98 Å². The number of benzene rings is 1. The minimum Gasteiger partial charge on any atom is -0.355 e. The van der Waals surface area contributed by atoms with Gasteiger partial charge in [0.25, 0.3) is 0 Å². The summed E-state index contributed by atoms with van der Waals surface area (Å²) in [5, 5.41) is 11.8. The van der Waals surface area contributed by atoms with Gasteiger partial charge in [-0.3, -0.25) is 9.30 Å². The highest BCUT2D eigenvalue weighted by Gasteiger charge is 2.22. The highest BCUT2D eigenvalue weighted by Crippen LogP contribution is 2.29. The lowest BCUT2D eigenvalue weighted by Gasteiger charge is -2.36. The van der Waals surface area contributed by atoms with Crippen molar-refractivity contribution >= 4 is 33.8 Å². The number of anilines is 1. The van der Waals surface area contributed by atoms with Crippen LogP contribution in [0.3, 0.4) is 0 Å². The van der Waals surface area contributed by atoms with Gasteiger partial charge < -0.3 is 4.90 Å². The molecule has 5 nitrogen and oxygen atoms in total. The molecular formula is C22H21N5S. The molecule has 0 amide bonds. The SMILES string of the molecule is Cc1cc(N2CCN(Cc3cccs3)CC2)n2c(nc3ccccc32)c1C#N. The van der Waals surface area contributed by atoms with Crippen molar-refractivity contribution in [2.24, 2.45) is 0 Å². The van der Waals surface area contributed by atoms with E-state index in [1.54, 1.807) is 0 Å². The molecule has 0 unspecified atom stereocenters. The Hall–Kier alpha value is -2.88. The van der Waals surface area contributed by atoms with Crippen molar-refractivity contribution in [3.05, 3.63) is 63.8 Å². The number of imidazole rings is 1. The fourth-order valence-corrected chi connectivity index (χ4v) is 4.81. The molecular weight excluding hydrogens is 366 g/mol. The number of pyridine rings is 1. The van der Waals surface area contributed by atoms with Crippen LogP contribution >= 0.6 is 11.3 Å². The van der Waals surface area contributed by atoms with Crippen LogP contribution in [0.2, 0.25) is 0 Å². The van der Waals surface area contributed by atoms with Gasteiger partial charge in [-0.05, 0) is 42.1 Å². The lowest BCUT2D eigenvalue weighted by atomic mass is 10.1. The number of aromatic nitrogens is 2. The first kappa shape index (κ1) is 17.2. The summed E-state index contributed by atoms with van der Waals surface area (Å²) in [6.45, 7) is 7.04. The zero-order valence-electron chi connectivity index (χ0n) is 15.8. The van der Waals surface area contributed by atoms with E-state index in [9.17, 15) is 5.26 Å². The molecule has 1 fully saturated rings. The Kier molecular flexibility index (Phi) is 4.27. The number of hydrogen-bond acceptors (Lipinski definition) is 5. The molecule has 4 aromatic rings. The second-order valence-corrected chi connectivity index (χ2v) is 8.31. The lowest BCUT2D eigenvalue weighted by molar-refractivity contribution is 0.251. The maximum Gasteiger partial charge on any atom is 0.157 e. The van der Waals surface area contributed by atoms with Crippen LogP contribution < -0.4 is 4.90 Å². The Bertz CT molecular complexity index is 1180. The summed E-state index contributed by atoms with van der Waals surface area (Å²) in [5.41, 5.74) is 4.41. The van der Waals surface area contributed by atoms with E-state index < -0.39 is 0 Å². The minimum atomic E-state index is 0.663. The summed E-state index contributed by atoms with van der Waals surface area (Å²) in [4.78, 5) is 11.1. The van der Waals surface area contributed by atoms with Crippen LogP contribution in [0.5, 0.6) is 0 Å². The van der Waals surface area contributed by atoms with Crippen LogP contribution in [0, 0.1) is 18.3 Å². The van der Waals surface area contributed by atoms with Gasteiger partial charge in [0.2, 0.25) is 0 Å². The van der Waals surface area contributed by atoms with Crippen LogP contribution in [-0.4, -0.2) is 40.5 Å². The first-order chi connectivity index (χ1) is 13.7. The van der Waals surface area contributed by atoms with E-state index >= 15 is 0 Å². The first-order valence-electron chi connectivity index (χ1n) is 9.55. The molecule has 0 atom stereocenters. The van der Waals surface area contributed by atoms with Crippen LogP contribution in [0.15, 0.2) is 47.8 Å². The fraction of sp³-hybridized carbons (Fsp3) is 0.273. The number of fused-ring (bicyclic) bond motifs is 3. The molecule has 0 saturated carbocycles. The monoisotopic (exact) mass is 387 g/mol. The van der Waals surface area contributed by atoms with Gasteiger partial charge in [0.05, 0.1) is 16.6 Å². The highest BCUT2D eigenvalue weighted by atomic mass is 32.1. The van der Waals surface area contributed by atoms with Crippen molar-refractivity contribution in [2.45, 2.75) is 13.5 Å². The predicted octanol–water partition coefficient (Wildman–Crippen LogP) is 4.05. The van der Waals surface area contributed by atoms with Gasteiger partial charge in [0.1, 0.15) is 11.9 Å². The largest absolute Gasteiger partial charge is 0.355 e. The van der Waals surface area contributed by atoms with Gasteiger partial charge in [-0.2, -0.15) is 5.26 Å². The van der Waals surface area contributed by atoms with Gasteiger partial charge in [0.15, 0.2) is 5.65 Å². The number of piperazine rings is 1. The van der Waals surface area contributed by atoms with Crippen LogP contribution in [0.25, 0.3) is 16.7 Å². The van der Waals surface area contributed by atoms with Crippen LogP contribution in [0.1, 0.15) is 16.0 Å². The van der Waals surface area contributed by atoms with E-state index in [1.165, 1.54) is 4.88 Å². The summed E-state index contributed by atoms with van der Waals surface area (Å²) in [7, 11) is 0. The third kappa shape index (κ3) is 2.84. The maximum atomic E-state index is 9.68. The molecule has 6 heteroatoms. The minimum absolute atomic E-state index is 0.663. The Morgan fingerprint density at radius 1 is 1.11 bits per heavy atom. The van der Waals surface area contributed by atoms with Crippen molar-refractivity contribution in [1.29, 1.82) is 5.26 Å². The second-order valence-electron chi connectivity index (χ2n) is 7.27. The van der Waals surface area contributed by atoms with E-state index in [0.29, 0.717) is 5.56 Å². The number of hydrogen-bond donors (Lipinski definition) is 0. The van der Waals surface area contributed by atoms with Crippen LogP contribution in [-0.2, 0) is 6.54 Å². The third-order valence-corrected chi connectivity index (χ3v) is 6.38. The summed E-state index contributed by atoms with van der Waals surface area (Å²) in [6.07, 6.45) is 0. The lowest BCUT2D eigenvalue weighted by Crippen LogP contribution is -2.46. The molecule has 0 radical (unpaired) electrons. The quantitative estimate of drug-likeness (QED) is 0.532. The Morgan fingerprint density at radius 3 is 2.68 bits per heavy atom. The van der Waals surface area contributed by atoms with Crippen molar-refractivity contribution in [3.63, 3.8) is 0 Å². The van der Waals surface area contributed by atoms with Crippen molar-refractivity contribution < 1.29 is 0 Å². The Morgan fingerprint density at radius 2 is 1.93 bits per heavy atom. The maximum absolute atomic E-state index is 9.68. The Balaban J connectivity index is 1.52. The number of para-hydroxylation sites is 2. The van der Waals surface area contributed by atoms with Crippen molar-refractivity contribution in [3.8, 4) is 6.07 Å². The normalized spacial score (nSPS) is 15.4. The van der Waals surface area contributed by atoms with E-state index in [1.807, 2.05) is 36.5 Å². The number of thiophene rings is 1. The smallest absolute Gasteiger partial charge is 0.157 e. The molecule has 1 aliphatic heterocycles. The average molecular weight is 388 g/mol. The summed E-state index contributed by atoms with van der Waals surface area (Å²) >= 11 is 1.83. The standard InChI is InChI=1S/C22H21N5S/c1-16-13-21(26-10-8-25(9-11-26)15-17-5-4-12-28-17)27-20-7-3-2-6-19(20)24-22(27)18(16)14-23/h2-7,12-13H,8-11,15H2,1H3. The molecule has 1 aliphatic rings. The van der Waals surface area contributed by atoms with E-state index in [-0.39, 0.29) is 0 Å². The van der Waals surface area contributed by atoms with Gasteiger partial charge in [-0.1, -0.05) is 18.2 Å². The fourth-order valence-electron chi connectivity index (χ4n) is 4.06. The highest BCUT2D eigenvalue weighted by molar-refractivity contribution is 7.09. The summed E-state index contributed by atoms with van der Waals surface area (Å²) in [6, 6.07) is 17.0. The van der Waals surface area contributed by atoms with Crippen molar-refractivity contribution in [2.75, 3.05) is 31.1 Å². The average Bonchev–Trinajstić information content (AvgIpc) is 3.35. The third-order valence-electron chi connectivity index (χ3n) is 5.52. The predicted molar refractivity (Wildman–Crippen MR) is 114 cm³/mol. The molecule has 140 valence electrons. The number of aryl methyl sites for hydroxylation is 1. The molecule has 0 N–H and O–H groups in total. The molecule has 28 heavy (non-hydrogen) atoms. The van der Waals surface area contributed by atoms with Gasteiger partial charge >= 0.3 is 0 Å². The zero-order chi connectivity index (χ0) is 19.1. The van der Waals surface area contributed by atoms with Gasteiger partial charge in [-0.25, -0.2) is 4.98 Å². The second kappa shape index (κ2) is 6.93. The summed E-state index contributed by atoms with van der Waals surface area (Å²) in [5.74, 6) is 1.14. The Labute approximate surface area is 168 Å². The molecule has 4 heterocycles. The summed E-state index contributed by atoms with van der Waals surface area (Å²) < 4.78 is 2.16. The van der Waals surface area contributed by atoms with Crippen molar-refractivity contribution in [1.82, 2.24) is 14.3 Å². The van der Waals surface area contributed by atoms with Gasteiger partial charge in [-0.15, -0.1) is 11.3 Å². The van der Waals surface area contributed by atoms with Crippen LogP contribution in [0.4, 0.5) is 5.82 Å². The number of nitrogens with zero attached hydrogens (tertiary/aromatic N) is 5. The molecule has 5 rings (SSSR count). The van der Waals surface area contributed by atoms with E-state index in [0.717, 1.165) is 60.8 Å². The topological polar surface area (TPSA) is 47.6 Å². The molecule has 1 aromatic carbocycles. The molecule has 0 spiro atoms. The molecule has 1 saturated heterocycles. The number of nitriles is 1. The van der Waals surface area contributed by atoms with E-state index in [2.05, 4.69) is 49.9 Å². The molecule has 0 aliphatic carbocycles. The molecule has 0 bridgehead atoms. The first-order valence-corrected chi connectivity index (χ1v) is 10.4. The zero-order valence-corrected chi connectivity index (χ0v) is 16.6. The molecule has 3 aromatic heterocycles. The van der Waals surface area contributed by atoms with Gasteiger partial charge in [0, 0.05) is 37.6 Å².